The molecule has 1 fully saturated rings. The lowest BCUT2D eigenvalue weighted by Crippen LogP contribution is -2.36. The highest BCUT2D eigenvalue weighted by molar-refractivity contribution is 5.59. The van der Waals surface area contributed by atoms with Crippen molar-refractivity contribution in [2.45, 2.75) is 32.5 Å². The largest absolute Gasteiger partial charge is 0.385 e. The van der Waals surface area contributed by atoms with Crippen molar-refractivity contribution >= 4 is 0 Å². The van der Waals surface area contributed by atoms with Gasteiger partial charge < -0.3 is 14.2 Å². The van der Waals surface area contributed by atoms with Gasteiger partial charge in [0.2, 0.25) is 0 Å². The summed E-state index contributed by atoms with van der Waals surface area (Å²) in [6, 6.07) is 13.9. The van der Waals surface area contributed by atoms with Crippen LogP contribution in [-0.4, -0.2) is 42.8 Å². The Kier molecular flexibility index (Phi) is 6.03. The Hall–Kier alpha value is -3.73. The van der Waals surface area contributed by atoms with E-state index in [-0.39, 0.29) is 0 Å². The van der Waals surface area contributed by atoms with Crippen LogP contribution in [0.3, 0.4) is 0 Å². The van der Waals surface area contributed by atoms with E-state index in [2.05, 4.69) is 37.9 Å². The van der Waals surface area contributed by atoms with Gasteiger partial charge in [-0.2, -0.15) is 0 Å². The molecule has 0 bridgehead atoms. The maximum Gasteiger partial charge on any atom is 0.167 e. The van der Waals surface area contributed by atoms with Gasteiger partial charge >= 0.3 is 0 Å². The summed E-state index contributed by atoms with van der Waals surface area (Å²) in [5, 5.41) is 14.0. The first kappa shape index (κ1) is 21.1. The van der Waals surface area contributed by atoms with Crippen molar-refractivity contribution in [3.05, 3.63) is 89.4 Å². The van der Waals surface area contributed by atoms with Crippen molar-refractivity contribution in [1.82, 2.24) is 24.6 Å². The van der Waals surface area contributed by atoms with E-state index in [1.165, 1.54) is 19.5 Å². The van der Waals surface area contributed by atoms with Gasteiger partial charge in [0.25, 0.3) is 0 Å². The maximum absolute atomic E-state index is 9.81. The number of likely N-dealkylation sites (tertiary alicyclic amines) is 1. The molecule has 1 aliphatic rings. The molecule has 7 heteroatoms. The zero-order valence-corrected chi connectivity index (χ0v) is 18.5. The van der Waals surface area contributed by atoms with Crippen LogP contribution in [-0.2, 0) is 13.1 Å². The normalized spacial score (nSPS) is 14.4. The summed E-state index contributed by atoms with van der Waals surface area (Å²) in [7, 11) is 0. The van der Waals surface area contributed by atoms with E-state index in [4.69, 9.17) is 4.52 Å². The van der Waals surface area contributed by atoms with Crippen molar-refractivity contribution in [3.8, 4) is 23.2 Å². The molecule has 7 nitrogen and oxygen atoms in total. The minimum atomic E-state index is -0.640. The van der Waals surface area contributed by atoms with Gasteiger partial charge in [0.05, 0.1) is 12.2 Å². The van der Waals surface area contributed by atoms with Crippen LogP contribution in [0, 0.1) is 11.8 Å². The third kappa shape index (κ3) is 5.03. The minimum absolute atomic E-state index is 0.484. The summed E-state index contributed by atoms with van der Waals surface area (Å²) in [4.78, 5) is 11.1. The summed E-state index contributed by atoms with van der Waals surface area (Å²) in [6.07, 6.45) is 5.98. The standard InChI is InChI=1S/C26H25N5O2/c1-19(32)26-27-11-14-31(26)18-24-15-25(33-29-24)22-8-5-20(6-9-22)3-4-21-7-10-23(28-16-21)17-30-12-2-13-30/h5-11,14-16,19,32H,2,12-13,17-18H2,1H3/t19-/m0/s1. The molecule has 0 spiro atoms. The van der Waals surface area contributed by atoms with Gasteiger partial charge in [-0.25, -0.2) is 4.98 Å². The molecule has 0 saturated carbocycles. The fourth-order valence-electron chi connectivity index (χ4n) is 3.74. The van der Waals surface area contributed by atoms with Crippen LogP contribution in [0.5, 0.6) is 0 Å². The van der Waals surface area contributed by atoms with Gasteiger partial charge in [0.1, 0.15) is 17.6 Å². The van der Waals surface area contributed by atoms with Crippen LogP contribution in [0.25, 0.3) is 11.3 Å². The number of aliphatic hydroxyl groups excluding tert-OH is 1. The van der Waals surface area contributed by atoms with Crippen LogP contribution >= 0.6 is 0 Å². The first-order valence-corrected chi connectivity index (χ1v) is 11.1. The second-order valence-corrected chi connectivity index (χ2v) is 8.27. The summed E-state index contributed by atoms with van der Waals surface area (Å²) < 4.78 is 7.38. The van der Waals surface area contributed by atoms with Gasteiger partial charge in [0.15, 0.2) is 5.76 Å². The van der Waals surface area contributed by atoms with Gasteiger partial charge in [-0.15, -0.1) is 0 Å². The quantitative estimate of drug-likeness (QED) is 0.462. The van der Waals surface area contributed by atoms with E-state index in [0.717, 1.165) is 34.6 Å². The summed E-state index contributed by atoms with van der Waals surface area (Å²) >= 11 is 0. The molecular weight excluding hydrogens is 414 g/mol. The minimum Gasteiger partial charge on any atom is -0.385 e. The second kappa shape index (κ2) is 9.41. The molecule has 0 unspecified atom stereocenters. The molecule has 0 amide bonds. The molecule has 3 aromatic heterocycles. The number of benzene rings is 1. The first-order chi connectivity index (χ1) is 16.1. The van der Waals surface area contributed by atoms with Gasteiger partial charge in [0, 0.05) is 47.9 Å². The van der Waals surface area contributed by atoms with E-state index in [0.29, 0.717) is 18.1 Å². The van der Waals surface area contributed by atoms with Crippen LogP contribution in [0.1, 0.15) is 47.8 Å². The van der Waals surface area contributed by atoms with E-state index in [9.17, 15) is 5.11 Å². The van der Waals surface area contributed by atoms with E-state index >= 15 is 0 Å². The van der Waals surface area contributed by atoms with Gasteiger partial charge in [-0.1, -0.05) is 17.0 Å². The Bertz CT molecular complexity index is 1270. The lowest BCUT2D eigenvalue weighted by Gasteiger charge is -2.30. The number of nitrogens with zero attached hydrogens (tertiary/aromatic N) is 5. The zero-order chi connectivity index (χ0) is 22.6. The molecule has 0 aliphatic carbocycles. The average molecular weight is 440 g/mol. The first-order valence-electron chi connectivity index (χ1n) is 11.1. The van der Waals surface area contributed by atoms with Gasteiger partial charge in [-0.3, -0.25) is 9.88 Å². The second-order valence-electron chi connectivity index (χ2n) is 8.27. The molecule has 1 atom stereocenters. The van der Waals surface area contributed by atoms with E-state index in [1.54, 1.807) is 13.1 Å². The fraction of sp³-hybridized carbons (Fsp3) is 0.269. The summed E-state index contributed by atoms with van der Waals surface area (Å²) in [5.41, 5.74) is 4.60. The monoisotopic (exact) mass is 439 g/mol. The number of aliphatic hydroxyl groups is 1. The summed E-state index contributed by atoms with van der Waals surface area (Å²) in [5.74, 6) is 7.66. The molecule has 1 saturated heterocycles. The zero-order valence-electron chi connectivity index (χ0n) is 18.5. The molecule has 4 aromatic rings. The number of pyridine rings is 1. The van der Waals surface area contributed by atoms with E-state index < -0.39 is 6.10 Å². The van der Waals surface area contributed by atoms with Gasteiger partial charge in [-0.05, 0) is 62.8 Å². The Morgan fingerprint density at radius 3 is 2.48 bits per heavy atom. The Balaban J connectivity index is 1.23. The molecule has 4 heterocycles. The highest BCUT2D eigenvalue weighted by atomic mass is 16.5. The highest BCUT2D eigenvalue weighted by Crippen LogP contribution is 2.22. The Labute approximate surface area is 192 Å². The predicted octanol–water partition coefficient (Wildman–Crippen LogP) is 3.64. The molecule has 1 aromatic carbocycles. The highest BCUT2D eigenvalue weighted by Gasteiger charge is 2.14. The predicted molar refractivity (Wildman–Crippen MR) is 124 cm³/mol. The van der Waals surface area contributed by atoms with Crippen LogP contribution in [0.15, 0.2) is 65.6 Å². The molecule has 0 radical (unpaired) electrons. The number of aromatic nitrogens is 4. The molecule has 166 valence electrons. The third-order valence-electron chi connectivity index (χ3n) is 5.69. The van der Waals surface area contributed by atoms with Crippen LogP contribution < -0.4 is 0 Å². The topological polar surface area (TPSA) is 80.2 Å². The SMILES string of the molecule is C[C@H](O)c1nccn1Cc1cc(-c2ccc(C#Cc3ccc(CN4CCC4)nc3)cc2)on1. The molecule has 1 aliphatic heterocycles. The molecule has 1 N–H and O–H groups in total. The number of imidazole rings is 1. The Morgan fingerprint density at radius 1 is 1.00 bits per heavy atom. The lowest BCUT2D eigenvalue weighted by molar-refractivity contribution is 0.170. The molecule has 33 heavy (non-hydrogen) atoms. The number of hydrogen-bond acceptors (Lipinski definition) is 6. The van der Waals surface area contributed by atoms with Crippen LogP contribution in [0.4, 0.5) is 0 Å². The van der Waals surface area contributed by atoms with Crippen molar-refractivity contribution in [1.29, 1.82) is 0 Å². The third-order valence-corrected chi connectivity index (χ3v) is 5.69. The van der Waals surface area contributed by atoms with Crippen LogP contribution in [0.2, 0.25) is 0 Å². The van der Waals surface area contributed by atoms with Crippen molar-refractivity contribution < 1.29 is 9.63 Å². The maximum atomic E-state index is 9.81. The van der Waals surface area contributed by atoms with Crippen molar-refractivity contribution in [2.75, 3.05) is 13.1 Å². The Morgan fingerprint density at radius 2 is 1.79 bits per heavy atom. The number of rotatable bonds is 6. The molecule has 5 rings (SSSR count). The number of hydrogen-bond donors (Lipinski definition) is 1. The molecular formula is C26H25N5O2. The van der Waals surface area contributed by atoms with Crippen molar-refractivity contribution in [3.63, 3.8) is 0 Å². The summed E-state index contributed by atoms with van der Waals surface area (Å²) in [6.45, 7) is 5.44. The van der Waals surface area contributed by atoms with Crippen molar-refractivity contribution in [2.24, 2.45) is 0 Å². The smallest absolute Gasteiger partial charge is 0.167 e. The van der Waals surface area contributed by atoms with E-state index in [1.807, 2.05) is 53.4 Å². The fourth-order valence-corrected chi connectivity index (χ4v) is 3.74. The lowest BCUT2D eigenvalue weighted by atomic mass is 10.1. The average Bonchev–Trinajstić information content (AvgIpc) is 3.46.